The van der Waals surface area contributed by atoms with Crippen molar-refractivity contribution < 1.29 is 13.2 Å². The number of carbonyl (C=O) groups excluding carboxylic acids is 1. The van der Waals surface area contributed by atoms with Crippen molar-refractivity contribution in [3.63, 3.8) is 0 Å². The van der Waals surface area contributed by atoms with Crippen molar-refractivity contribution in [1.29, 1.82) is 0 Å². The van der Waals surface area contributed by atoms with Gasteiger partial charge in [-0.15, -0.1) is 11.3 Å². The maximum absolute atomic E-state index is 12.7. The number of aromatic nitrogens is 2. The minimum absolute atomic E-state index is 0.0316. The molecule has 2 aromatic carbocycles. The maximum Gasteiger partial charge on any atom is 0.269 e. The lowest BCUT2D eigenvalue weighted by atomic mass is 10.1. The zero-order valence-corrected chi connectivity index (χ0v) is 16.5. The lowest BCUT2D eigenvalue weighted by Crippen LogP contribution is -2.31. The molecule has 0 radical (unpaired) electrons. The summed E-state index contributed by atoms with van der Waals surface area (Å²) in [6, 6.07) is 15.5. The fraction of sp³-hybridized carbons (Fsp3) is 0.0500. The predicted molar refractivity (Wildman–Crippen MR) is 109 cm³/mol. The van der Waals surface area contributed by atoms with Gasteiger partial charge >= 0.3 is 0 Å². The van der Waals surface area contributed by atoms with Crippen LogP contribution >= 0.6 is 11.3 Å². The molecule has 0 spiro atoms. The molecule has 9 heteroatoms. The summed E-state index contributed by atoms with van der Waals surface area (Å²) < 4.78 is 26.2. The smallest absolute Gasteiger partial charge is 0.269 e. The summed E-state index contributed by atoms with van der Waals surface area (Å²) in [4.78, 5) is 32.8. The van der Waals surface area contributed by atoms with Crippen LogP contribution in [0.4, 0.5) is 0 Å². The highest BCUT2D eigenvalue weighted by molar-refractivity contribution is 7.90. The summed E-state index contributed by atoms with van der Waals surface area (Å²) in [5, 5.41) is 2.29. The van der Waals surface area contributed by atoms with Gasteiger partial charge in [0.05, 0.1) is 17.5 Å². The van der Waals surface area contributed by atoms with E-state index in [1.165, 1.54) is 23.5 Å². The van der Waals surface area contributed by atoms with E-state index in [0.29, 0.717) is 10.2 Å². The minimum Gasteiger partial charge on any atom is -0.308 e. The number of hydrogen-bond acceptors (Lipinski definition) is 6. The largest absolute Gasteiger partial charge is 0.308 e. The first-order chi connectivity index (χ1) is 14.0. The molecule has 3 heterocycles. The second kappa shape index (κ2) is 6.36. The quantitative estimate of drug-likeness (QED) is 0.546. The van der Waals surface area contributed by atoms with E-state index in [1.54, 1.807) is 12.1 Å². The molecule has 1 aliphatic heterocycles. The van der Waals surface area contributed by atoms with Gasteiger partial charge in [-0.25, -0.2) is 17.7 Å². The van der Waals surface area contributed by atoms with Gasteiger partial charge in [0.2, 0.25) is 0 Å². The SMILES string of the molecule is O=C1c2ccccc2S(=O)(=O)N1Cc1nc2scc(-c3ccccc3)c2c(=O)[nH]1. The molecular weight excluding hydrogens is 410 g/mol. The third-order valence-corrected chi connectivity index (χ3v) is 7.44. The summed E-state index contributed by atoms with van der Waals surface area (Å²) in [6.45, 7) is -0.334. The lowest BCUT2D eigenvalue weighted by Gasteiger charge is -2.14. The van der Waals surface area contributed by atoms with Crippen molar-refractivity contribution in [2.45, 2.75) is 11.4 Å². The van der Waals surface area contributed by atoms with Crippen LogP contribution in [0.25, 0.3) is 21.3 Å². The number of fused-ring (bicyclic) bond motifs is 2. The van der Waals surface area contributed by atoms with Crippen LogP contribution in [0.15, 0.2) is 69.7 Å². The van der Waals surface area contributed by atoms with Crippen molar-refractivity contribution in [1.82, 2.24) is 14.3 Å². The average molecular weight is 423 g/mol. The zero-order chi connectivity index (χ0) is 20.2. The van der Waals surface area contributed by atoms with Crippen molar-refractivity contribution in [3.8, 4) is 11.1 Å². The predicted octanol–water partition coefficient (Wildman–Crippen LogP) is 3.00. The topological polar surface area (TPSA) is 100 Å². The molecule has 7 nitrogen and oxygen atoms in total. The van der Waals surface area contributed by atoms with E-state index < -0.39 is 15.9 Å². The van der Waals surface area contributed by atoms with Gasteiger partial charge in [0.1, 0.15) is 15.6 Å². The molecule has 5 rings (SSSR count). The number of nitrogens with zero attached hydrogens (tertiary/aromatic N) is 2. The number of carbonyl (C=O) groups is 1. The van der Waals surface area contributed by atoms with Gasteiger partial charge in [-0.05, 0) is 17.7 Å². The molecule has 1 amide bonds. The number of nitrogens with one attached hydrogen (secondary N) is 1. The van der Waals surface area contributed by atoms with Crippen LogP contribution in [0.5, 0.6) is 0 Å². The Kier molecular flexibility index (Phi) is 3.90. The second-order valence-electron chi connectivity index (χ2n) is 6.52. The summed E-state index contributed by atoms with van der Waals surface area (Å²) in [5.74, 6) is -0.506. The summed E-state index contributed by atoms with van der Waals surface area (Å²) in [7, 11) is -3.97. The van der Waals surface area contributed by atoms with Crippen LogP contribution in [0.1, 0.15) is 16.2 Å². The molecule has 29 heavy (non-hydrogen) atoms. The maximum atomic E-state index is 12.7. The molecule has 0 saturated heterocycles. The molecule has 0 aliphatic carbocycles. The third kappa shape index (κ3) is 2.70. The lowest BCUT2D eigenvalue weighted by molar-refractivity contribution is 0.0862. The van der Waals surface area contributed by atoms with Gasteiger partial charge < -0.3 is 4.98 Å². The van der Waals surface area contributed by atoms with E-state index >= 15 is 0 Å². The van der Waals surface area contributed by atoms with E-state index in [9.17, 15) is 18.0 Å². The number of hydrogen-bond donors (Lipinski definition) is 1. The van der Waals surface area contributed by atoms with Crippen LogP contribution in [0, 0.1) is 0 Å². The summed E-state index contributed by atoms with van der Waals surface area (Å²) in [6.07, 6.45) is 0. The molecule has 1 aliphatic rings. The molecular formula is C20H13N3O4S2. The molecule has 0 saturated carbocycles. The Bertz CT molecular complexity index is 1440. The number of benzene rings is 2. The second-order valence-corrected chi connectivity index (χ2v) is 9.21. The van der Waals surface area contributed by atoms with E-state index in [-0.39, 0.29) is 28.4 Å². The molecule has 144 valence electrons. The first-order valence-electron chi connectivity index (χ1n) is 8.69. The zero-order valence-electron chi connectivity index (χ0n) is 14.8. The number of amides is 1. The highest BCUT2D eigenvalue weighted by Gasteiger charge is 2.41. The van der Waals surface area contributed by atoms with E-state index in [2.05, 4.69) is 9.97 Å². The van der Waals surface area contributed by atoms with E-state index in [1.807, 2.05) is 35.7 Å². The first kappa shape index (κ1) is 17.8. The van der Waals surface area contributed by atoms with Crippen LogP contribution in [0.3, 0.4) is 0 Å². The number of sulfonamides is 1. The van der Waals surface area contributed by atoms with Gasteiger partial charge in [-0.2, -0.15) is 0 Å². The Morgan fingerprint density at radius 3 is 2.45 bits per heavy atom. The number of rotatable bonds is 3. The van der Waals surface area contributed by atoms with Gasteiger partial charge in [0.25, 0.3) is 21.5 Å². The fourth-order valence-corrected chi connectivity index (χ4v) is 5.92. The van der Waals surface area contributed by atoms with Crippen LogP contribution in [-0.4, -0.2) is 28.6 Å². The molecule has 4 aromatic rings. The Morgan fingerprint density at radius 2 is 1.69 bits per heavy atom. The van der Waals surface area contributed by atoms with Crippen LogP contribution in [-0.2, 0) is 16.6 Å². The molecule has 1 N–H and O–H groups in total. The molecule has 0 unspecified atom stereocenters. The van der Waals surface area contributed by atoms with Crippen molar-refractivity contribution in [2.24, 2.45) is 0 Å². The summed E-state index contributed by atoms with van der Waals surface area (Å²) >= 11 is 1.30. The number of H-pyrrole nitrogens is 1. The van der Waals surface area contributed by atoms with Crippen LogP contribution < -0.4 is 5.56 Å². The van der Waals surface area contributed by atoms with Crippen molar-refractivity contribution >= 4 is 37.5 Å². The first-order valence-corrected chi connectivity index (χ1v) is 11.0. The Hall–Kier alpha value is -3.30. The monoisotopic (exact) mass is 423 g/mol. The molecule has 0 bridgehead atoms. The highest BCUT2D eigenvalue weighted by atomic mass is 32.2. The molecule has 0 fully saturated rings. The van der Waals surface area contributed by atoms with Gasteiger partial charge in [0, 0.05) is 10.9 Å². The summed E-state index contributed by atoms with van der Waals surface area (Å²) in [5.41, 5.74) is 1.42. The van der Waals surface area contributed by atoms with Gasteiger partial charge in [-0.1, -0.05) is 42.5 Å². The van der Waals surface area contributed by atoms with Crippen LogP contribution in [0.2, 0.25) is 0 Å². The Balaban J connectivity index is 1.56. The molecule has 0 atom stereocenters. The Morgan fingerprint density at radius 1 is 0.966 bits per heavy atom. The average Bonchev–Trinajstić information content (AvgIpc) is 3.23. The normalized spacial score (nSPS) is 15.0. The minimum atomic E-state index is -3.97. The fourth-order valence-electron chi connectivity index (χ4n) is 3.42. The highest BCUT2D eigenvalue weighted by Crippen LogP contribution is 2.32. The third-order valence-electron chi connectivity index (χ3n) is 4.78. The van der Waals surface area contributed by atoms with Crippen molar-refractivity contribution in [2.75, 3.05) is 0 Å². The van der Waals surface area contributed by atoms with Gasteiger partial charge in [-0.3, -0.25) is 9.59 Å². The van der Waals surface area contributed by atoms with Crippen molar-refractivity contribution in [3.05, 3.63) is 81.7 Å². The van der Waals surface area contributed by atoms with Gasteiger partial charge in [0.15, 0.2) is 0 Å². The number of thiophene rings is 1. The standard InChI is InChI=1S/C20H13N3O4S2/c24-18-17-14(12-6-2-1-3-7-12)11-28-19(17)22-16(21-18)10-23-20(25)13-8-4-5-9-15(13)29(23,26)27/h1-9,11H,10H2,(H,21,22,24). The molecule has 2 aromatic heterocycles. The van der Waals surface area contributed by atoms with E-state index in [4.69, 9.17) is 0 Å². The number of aromatic amines is 1. The van der Waals surface area contributed by atoms with E-state index in [0.717, 1.165) is 15.4 Å². The Labute approximate surface area is 169 Å².